The quantitative estimate of drug-likeness (QED) is 0.188. The third-order valence-electron chi connectivity index (χ3n) is 10.3. The molecule has 234 valence electrons. The van der Waals surface area contributed by atoms with Crippen molar-refractivity contribution >= 4 is 0 Å². The Morgan fingerprint density at radius 1 is 0.320 bits per heavy atom. The number of hydrogen-bond acceptors (Lipinski definition) is 3. The second kappa shape index (κ2) is 11.6. The molecule has 0 saturated heterocycles. The molecule has 8 aromatic rings. The first-order chi connectivity index (χ1) is 24.8. The highest BCUT2D eigenvalue weighted by Gasteiger charge is 2.41. The maximum Gasteiger partial charge on any atom is 0.163 e. The van der Waals surface area contributed by atoms with Gasteiger partial charge in [0.15, 0.2) is 11.6 Å². The van der Waals surface area contributed by atoms with Gasteiger partial charge in [-0.3, -0.25) is 0 Å². The fourth-order valence-corrected chi connectivity index (χ4v) is 8.12. The lowest BCUT2D eigenvalue weighted by Crippen LogP contribution is -2.12. The van der Waals surface area contributed by atoms with Crippen molar-refractivity contribution in [1.29, 1.82) is 0 Å². The number of benzene rings is 7. The average Bonchev–Trinajstić information content (AvgIpc) is 3.72. The van der Waals surface area contributed by atoms with E-state index in [1.165, 1.54) is 61.2 Å². The van der Waals surface area contributed by atoms with Crippen LogP contribution in [0.3, 0.4) is 0 Å². The van der Waals surface area contributed by atoms with Crippen LogP contribution < -0.4 is 0 Å². The molecule has 0 spiro atoms. The Morgan fingerprint density at radius 3 is 1.36 bits per heavy atom. The molecule has 3 nitrogen and oxygen atoms in total. The number of nitrogens with zero attached hydrogens (tertiary/aromatic N) is 3. The van der Waals surface area contributed by atoms with Crippen molar-refractivity contribution in [2.75, 3.05) is 0 Å². The molecule has 0 bridgehead atoms. The topological polar surface area (TPSA) is 38.7 Å². The van der Waals surface area contributed by atoms with Gasteiger partial charge in [-0.15, -0.1) is 0 Å². The Hall–Kier alpha value is -6.45. The number of hydrogen-bond donors (Lipinski definition) is 0. The third kappa shape index (κ3) is 4.55. The number of rotatable bonds is 5. The summed E-state index contributed by atoms with van der Waals surface area (Å²) in [6.07, 6.45) is 0. The summed E-state index contributed by atoms with van der Waals surface area (Å²) < 4.78 is 0. The summed E-state index contributed by atoms with van der Waals surface area (Å²) in [5.41, 5.74) is 15.9. The van der Waals surface area contributed by atoms with E-state index in [9.17, 15) is 0 Å². The van der Waals surface area contributed by atoms with E-state index in [-0.39, 0.29) is 11.8 Å². The van der Waals surface area contributed by atoms with Gasteiger partial charge in [0.1, 0.15) is 5.82 Å². The minimum atomic E-state index is -0.168. The minimum absolute atomic E-state index is 0.0562. The van der Waals surface area contributed by atoms with Crippen LogP contribution in [-0.4, -0.2) is 15.0 Å². The number of fused-ring (bicyclic) bond motifs is 7. The minimum Gasteiger partial charge on any atom is -0.212 e. The molecule has 0 amide bonds. The smallest absolute Gasteiger partial charge is 0.163 e. The molecule has 0 fully saturated rings. The summed E-state index contributed by atoms with van der Waals surface area (Å²) in [7, 11) is 0. The van der Waals surface area contributed by atoms with Gasteiger partial charge in [0.05, 0.1) is 5.92 Å². The van der Waals surface area contributed by atoms with Crippen LogP contribution in [0.4, 0.5) is 0 Å². The van der Waals surface area contributed by atoms with E-state index < -0.39 is 0 Å². The van der Waals surface area contributed by atoms with Crippen LogP contribution in [0.15, 0.2) is 176 Å². The highest BCUT2D eigenvalue weighted by Crippen LogP contribution is 2.58. The van der Waals surface area contributed by atoms with Gasteiger partial charge in [-0.05, 0) is 61.2 Å². The lowest BCUT2D eigenvalue weighted by atomic mass is 9.81. The molecule has 2 aliphatic carbocycles. The summed E-state index contributed by atoms with van der Waals surface area (Å²) in [6.45, 7) is 0. The van der Waals surface area contributed by atoms with Crippen LogP contribution in [0.5, 0.6) is 0 Å². The van der Waals surface area contributed by atoms with Gasteiger partial charge in [0, 0.05) is 17.0 Å². The van der Waals surface area contributed by atoms with Crippen LogP contribution in [0.1, 0.15) is 45.5 Å². The Kier molecular flexibility index (Phi) is 6.63. The first kappa shape index (κ1) is 28.6. The monoisotopic (exact) mass is 637 g/mol. The zero-order valence-corrected chi connectivity index (χ0v) is 27.2. The van der Waals surface area contributed by atoms with E-state index in [4.69, 9.17) is 15.0 Å². The van der Waals surface area contributed by atoms with Crippen molar-refractivity contribution in [3.8, 4) is 56.2 Å². The van der Waals surface area contributed by atoms with Gasteiger partial charge in [0.25, 0.3) is 0 Å². The summed E-state index contributed by atoms with van der Waals surface area (Å²) in [5, 5.41) is 0. The average molecular weight is 638 g/mol. The summed E-state index contributed by atoms with van der Waals surface area (Å²) in [6, 6.07) is 62.7. The van der Waals surface area contributed by atoms with Crippen LogP contribution in [0.25, 0.3) is 56.2 Å². The molecule has 0 aliphatic heterocycles. The highest BCUT2D eigenvalue weighted by molar-refractivity contribution is 5.91. The van der Waals surface area contributed by atoms with Crippen LogP contribution >= 0.6 is 0 Å². The largest absolute Gasteiger partial charge is 0.212 e. The highest BCUT2D eigenvalue weighted by atomic mass is 15.0. The van der Waals surface area contributed by atoms with Gasteiger partial charge in [0.2, 0.25) is 0 Å². The molecule has 2 atom stereocenters. The molecule has 10 rings (SSSR count). The summed E-state index contributed by atoms with van der Waals surface area (Å²) in [4.78, 5) is 15.7. The Balaban J connectivity index is 1.24. The fourth-order valence-electron chi connectivity index (χ4n) is 8.12. The van der Waals surface area contributed by atoms with Crippen molar-refractivity contribution in [2.45, 2.75) is 11.8 Å². The molecule has 1 heterocycles. The van der Waals surface area contributed by atoms with Crippen LogP contribution in [0.2, 0.25) is 0 Å². The second-order valence-corrected chi connectivity index (χ2v) is 13.1. The van der Waals surface area contributed by atoms with Crippen LogP contribution in [-0.2, 0) is 0 Å². The van der Waals surface area contributed by atoms with E-state index in [1.807, 2.05) is 36.4 Å². The molecule has 2 aliphatic rings. The third-order valence-corrected chi connectivity index (χ3v) is 10.3. The van der Waals surface area contributed by atoms with Crippen LogP contribution in [0, 0.1) is 0 Å². The van der Waals surface area contributed by atoms with Crippen molar-refractivity contribution < 1.29 is 0 Å². The van der Waals surface area contributed by atoms with Crippen molar-refractivity contribution in [2.24, 2.45) is 0 Å². The van der Waals surface area contributed by atoms with E-state index in [1.54, 1.807) is 0 Å². The zero-order valence-electron chi connectivity index (χ0n) is 27.2. The SMILES string of the molecule is c1ccc(-c2cccc(C3c4ccccc4-c4ccc5c(c43)C(c3nc(-c4ccccc4)nc(-c4ccccc4)n3)c3ccccc3-5)c2)cc1. The zero-order chi connectivity index (χ0) is 33.0. The van der Waals surface area contributed by atoms with Gasteiger partial charge in [-0.2, -0.15) is 0 Å². The molecule has 50 heavy (non-hydrogen) atoms. The van der Waals surface area contributed by atoms with Crippen molar-refractivity contribution in [1.82, 2.24) is 15.0 Å². The fraction of sp³-hybridized carbons (Fsp3) is 0.0426. The maximum atomic E-state index is 5.31. The summed E-state index contributed by atoms with van der Waals surface area (Å²) in [5.74, 6) is 2.02. The number of aromatic nitrogens is 3. The van der Waals surface area contributed by atoms with Crippen molar-refractivity contribution in [3.63, 3.8) is 0 Å². The Morgan fingerprint density at radius 2 is 0.780 bits per heavy atom. The predicted octanol–water partition coefficient (Wildman–Crippen LogP) is 11.2. The normalized spacial score (nSPS) is 15.2. The molecule has 1 aromatic heterocycles. The maximum absolute atomic E-state index is 5.31. The molecule has 2 unspecified atom stereocenters. The van der Waals surface area contributed by atoms with Gasteiger partial charge in [-0.1, -0.05) is 176 Å². The molecule has 0 N–H and O–H groups in total. The van der Waals surface area contributed by atoms with Gasteiger partial charge >= 0.3 is 0 Å². The molecule has 0 radical (unpaired) electrons. The molecular weight excluding hydrogens is 607 g/mol. The molecule has 0 saturated carbocycles. The Labute approximate surface area is 291 Å². The van der Waals surface area contributed by atoms with Crippen molar-refractivity contribution in [3.05, 3.63) is 210 Å². The molecular formula is C47H31N3. The standard InChI is InChI=1S/C47H31N3/c1-4-15-30(16-5-1)33-21-14-22-34(29-33)41-37-25-12-10-23-35(37)39-27-28-40-36-24-11-13-26-38(36)44(43(40)42(39)41)47-49-45(31-17-6-2-7-18-31)48-46(50-47)32-19-8-3-9-20-32/h1-29,41,44H. The predicted molar refractivity (Wildman–Crippen MR) is 202 cm³/mol. The molecule has 3 heteroatoms. The lowest BCUT2D eigenvalue weighted by Gasteiger charge is -2.22. The lowest BCUT2D eigenvalue weighted by molar-refractivity contribution is 0.839. The first-order valence-corrected chi connectivity index (χ1v) is 17.2. The van der Waals surface area contributed by atoms with E-state index >= 15 is 0 Å². The van der Waals surface area contributed by atoms with E-state index in [0.29, 0.717) is 11.6 Å². The van der Waals surface area contributed by atoms with Gasteiger partial charge < -0.3 is 0 Å². The second-order valence-electron chi connectivity index (χ2n) is 13.1. The van der Waals surface area contributed by atoms with E-state index in [2.05, 4.69) is 140 Å². The summed E-state index contributed by atoms with van der Waals surface area (Å²) >= 11 is 0. The first-order valence-electron chi connectivity index (χ1n) is 17.2. The Bertz CT molecular complexity index is 2480. The van der Waals surface area contributed by atoms with E-state index in [0.717, 1.165) is 17.0 Å². The molecule has 7 aromatic carbocycles. The van der Waals surface area contributed by atoms with Gasteiger partial charge in [-0.25, -0.2) is 15.0 Å².